The van der Waals surface area contributed by atoms with Crippen LogP contribution in [0.3, 0.4) is 0 Å². The second kappa shape index (κ2) is 2.67. The molecular formula is C7H8N4O2. The number of aromatic amines is 1. The lowest BCUT2D eigenvalue weighted by Gasteiger charge is -1.91. The van der Waals surface area contributed by atoms with Crippen LogP contribution in [0.5, 0.6) is 0 Å². The number of rotatable bonds is 1. The van der Waals surface area contributed by atoms with Crippen LogP contribution in [0.4, 0.5) is 0 Å². The molecule has 0 saturated heterocycles. The maximum Gasteiger partial charge on any atom is 0.255 e. The summed E-state index contributed by atoms with van der Waals surface area (Å²) in [4.78, 5) is 17.5. The molecular weight excluding hydrogens is 172 g/mol. The van der Waals surface area contributed by atoms with Gasteiger partial charge < -0.3 is 5.11 Å². The van der Waals surface area contributed by atoms with Gasteiger partial charge in [-0.2, -0.15) is 4.98 Å². The number of hydrogen-bond donors (Lipinski definition) is 2. The largest absolute Gasteiger partial charge is 0.388 e. The summed E-state index contributed by atoms with van der Waals surface area (Å²) in [6.45, 7) is 1.45. The number of hydrogen-bond acceptors (Lipinski definition) is 4. The van der Waals surface area contributed by atoms with Gasteiger partial charge in [0.25, 0.3) is 5.56 Å². The van der Waals surface area contributed by atoms with Crippen LogP contribution in [0.15, 0.2) is 11.0 Å². The zero-order valence-electron chi connectivity index (χ0n) is 6.98. The Labute approximate surface area is 72.9 Å². The van der Waals surface area contributed by atoms with E-state index in [9.17, 15) is 4.79 Å². The van der Waals surface area contributed by atoms with Crippen molar-refractivity contribution in [3.8, 4) is 0 Å². The zero-order valence-corrected chi connectivity index (χ0v) is 6.98. The number of aliphatic hydroxyl groups is 1. The monoisotopic (exact) mass is 180 g/mol. The van der Waals surface area contributed by atoms with Gasteiger partial charge in [-0.3, -0.25) is 9.78 Å². The molecule has 0 amide bonds. The SMILES string of the molecule is Cc1cn2nc(CO)nc2[nH]c1=O. The third-order valence-corrected chi connectivity index (χ3v) is 1.72. The van der Waals surface area contributed by atoms with Crippen molar-refractivity contribution in [2.24, 2.45) is 0 Å². The van der Waals surface area contributed by atoms with Crippen LogP contribution in [-0.2, 0) is 6.61 Å². The molecule has 0 aliphatic carbocycles. The van der Waals surface area contributed by atoms with E-state index in [0.29, 0.717) is 17.2 Å². The number of nitrogens with zero attached hydrogens (tertiary/aromatic N) is 3. The number of H-pyrrole nitrogens is 1. The zero-order chi connectivity index (χ0) is 9.42. The van der Waals surface area contributed by atoms with Crippen LogP contribution in [-0.4, -0.2) is 24.7 Å². The fourth-order valence-corrected chi connectivity index (χ4v) is 1.05. The number of nitrogens with one attached hydrogen (secondary N) is 1. The van der Waals surface area contributed by atoms with E-state index in [-0.39, 0.29) is 12.2 Å². The molecule has 2 N–H and O–H groups in total. The predicted octanol–water partition coefficient (Wildman–Crippen LogP) is -0.782. The first kappa shape index (κ1) is 7.93. The van der Waals surface area contributed by atoms with E-state index in [2.05, 4.69) is 15.1 Å². The van der Waals surface area contributed by atoms with Crippen LogP contribution in [0.25, 0.3) is 5.78 Å². The maximum absolute atomic E-state index is 11.1. The summed E-state index contributed by atoms with van der Waals surface area (Å²) < 4.78 is 1.43. The Morgan fingerprint density at radius 2 is 2.46 bits per heavy atom. The summed E-state index contributed by atoms with van der Waals surface area (Å²) in [5.41, 5.74) is 0.367. The first-order chi connectivity index (χ1) is 6.20. The van der Waals surface area contributed by atoms with Crippen LogP contribution in [0, 0.1) is 6.92 Å². The Morgan fingerprint density at radius 1 is 1.69 bits per heavy atom. The Morgan fingerprint density at radius 3 is 3.15 bits per heavy atom. The fourth-order valence-electron chi connectivity index (χ4n) is 1.05. The summed E-state index contributed by atoms with van der Waals surface area (Å²) in [6, 6.07) is 0. The number of aliphatic hydroxyl groups excluding tert-OH is 1. The first-order valence-corrected chi connectivity index (χ1v) is 3.77. The van der Waals surface area contributed by atoms with E-state index >= 15 is 0 Å². The van der Waals surface area contributed by atoms with Crippen LogP contribution >= 0.6 is 0 Å². The van der Waals surface area contributed by atoms with E-state index in [0.717, 1.165) is 0 Å². The van der Waals surface area contributed by atoms with Crippen molar-refractivity contribution in [3.05, 3.63) is 27.9 Å². The predicted molar refractivity (Wildman–Crippen MR) is 44.3 cm³/mol. The molecule has 0 spiro atoms. The summed E-state index contributed by atoms with van der Waals surface area (Å²) >= 11 is 0. The van der Waals surface area contributed by atoms with Gasteiger partial charge in [-0.1, -0.05) is 0 Å². The van der Waals surface area contributed by atoms with Gasteiger partial charge in [0, 0.05) is 11.8 Å². The van der Waals surface area contributed by atoms with Crippen LogP contribution in [0.2, 0.25) is 0 Å². The van der Waals surface area contributed by atoms with Gasteiger partial charge in [-0.15, -0.1) is 5.10 Å². The summed E-state index contributed by atoms with van der Waals surface area (Å²) in [5, 5.41) is 12.7. The molecule has 2 rings (SSSR count). The van der Waals surface area contributed by atoms with E-state index in [1.54, 1.807) is 13.1 Å². The molecule has 13 heavy (non-hydrogen) atoms. The lowest BCUT2D eigenvalue weighted by molar-refractivity contribution is 0.271. The number of aryl methyl sites for hydroxylation is 1. The average Bonchev–Trinajstić information content (AvgIpc) is 2.48. The van der Waals surface area contributed by atoms with Gasteiger partial charge >= 0.3 is 0 Å². The standard InChI is InChI=1S/C7H8N4O2/c1-4-2-11-7(9-6(4)13)8-5(3-12)10-11/h2,12H,3H2,1H3,(H,8,9,10,13). The molecule has 6 nitrogen and oxygen atoms in total. The molecule has 68 valence electrons. The van der Waals surface area contributed by atoms with Gasteiger partial charge in [0.05, 0.1) is 0 Å². The lowest BCUT2D eigenvalue weighted by Crippen LogP contribution is -2.11. The van der Waals surface area contributed by atoms with Crippen molar-refractivity contribution in [2.75, 3.05) is 0 Å². The highest BCUT2D eigenvalue weighted by Crippen LogP contribution is 1.96. The molecule has 0 aromatic carbocycles. The molecule has 2 heterocycles. The molecule has 0 saturated carbocycles. The van der Waals surface area contributed by atoms with E-state index < -0.39 is 0 Å². The summed E-state index contributed by atoms with van der Waals surface area (Å²) in [5.74, 6) is 0.640. The molecule has 0 bridgehead atoms. The molecule has 6 heteroatoms. The quantitative estimate of drug-likeness (QED) is 0.603. The Kier molecular flexibility index (Phi) is 1.63. The molecule has 0 aliphatic heterocycles. The highest BCUT2D eigenvalue weighted by Gasteiger charge is 2.03. The Hall–Kier alpha value is -1.69. The third-order valence-electron chi connectivity index (χ3n) is 1.72. The Balaban J connectivity index is 2.77. The number of fused-ring (bicyclic) bond motifs is 1. The van der Waals surface area contributed by atoms with Gasteiger partial charge in [0.1, 0.15) is 6.61 Å². The van der Waals surface area contributed by atoms with Crippen molar-refractivity contribution in [1.82, 2.24) is 19.6 Å². The van der Waals surface area contributed by atoms with Crippen LogP contribution in [0.1, 0.15) is 11.4 Å². The fraction of sp³-hybridized carbons (Fsp3) is 0.286. The first-order valence-electron chi connectivity index (χ1n) is 3.77. The minimum absolute atomic E-state index is 0.190. The normalized spacial score (nSPS) is 10.9. The van der Waals surface area contributed by atoms with Crippen LogP contribution < -0.4 is 5.56 Å². The topological polar surface area (TPSA) is 83.3 Å². The molecule has 0 aliphatic rings. The van der Waals surface area contributed by atoms with Gasteiger partial charge in [0.15, 0.2) is 5.82 Å². The molecule has 0 atom stereocenters. The van der Waals surface area contributed by atoms with Gasteiger partial charge in [0.2, 0.25) is 5.78 Å². The van der Waals surface area contributed by atoms with Crippen molar-refractivity contribution in [1.29, 1.82) is 0 Å². The average molecular weight is 180 g/mol. The molecule has 0 unspecified atom stereocenters. The third kappa shape index (κ3) is 1.20. The van der Waals surface area contributed by atoms with Gasteiger partial charge in [-0.25, -0.2) is 4.52 Å². The van der Waals surface area contributed by atoms with Gasteiger partial charge in [-0.05, 0) is 6.92 Å². The van der Waals surface area contributed by atoms with E-state index in [1.807, 2.05) is 0 Å². The number of aromatic nitrogens is 4. The highest BCUT2D eigenvalue weighted by molar-refractivity contribution is 5.27. The van der Waals surface area contributed by atoms with Crippen molar-refractivity contribution < 1.29 is 5.11 Å². The van der Waals surface area contributed by atoms with Crippen molar-refractivity contribution >= 4 is 5.78 Å². The molecule has 0 radical (unpaired) electrons. The highest BCUT2D eigenvalue weighted by atomic mass is 16.3. The second-order valence-corrected chi connectivity index (χ2v) is 2.72. The molecule has 0 fully saturated rings. The van der Waals surface area contributed by atoms with Crippen molar-refractivity contribution in [3.63, 3.8) is 0 Å². The lowest BCUT2D eigenvalue weighted by atomic mass is 10.4. The maximum atomic E-state index is 11.1. The Bertz CT molecular complexity index is 499. The minimum Gasteiger partial charge on any atom is -0.388 e. The summed E-state index contributed by atoms with van der Waals surface area (Å²) in [6.07, 6.45) is 1.57. The molecule has 2 aromatic rings. The summed E-state index contributed by atoms with van der Waals surface area (Å²) in [7, 11) is 0. The van der Waals surface area contributed by atoms with E-state index in [1.165, 1.54) is 4.52 Å². The van der Waals surface area contributed by atoms with E-state index in [4.69, 9.17) is 5.11 Å². The van der Waals surface area contributed by atoms with Crippen molar-refractivity contribution in [2.45, 2.75) is 13.5 Å². The smallest absolute Gasteiger partial charge is 0.255 e. The second-order valence-electron chi connectivity index (χ2n) is 2.72. The minimum atomic E-state index is -0.233. The molecule has 2 aromatic heterocycles.